The van der Waals surface area contributed by atoms with Crippen LogP contribution >= 0.6 is 11.6 Å². The number of hydrogen-bond donors (Lipinski definition) is 2. The molecule has 0 bridgehead atoms. The molecule has 0 amide bonds. The molecule has 5 nitrogen and oxygen atoms in total. The fraction of sp³-hybridized carbons (Fsp3) is 0.143. The third kappa shape index (κ3) is 3.59. The molecular weight excluding hydrogens is 312 g/mol. The van der Waals surface area contributed by atoms with E-state index in [2.05, 4.69) is 4.72 Å². The average Bonchev–Trinajstić information content (AvgIpc) is 2.44. The number of nitrogens with one attached hydrogen (secondary N) is 1. The molecule has 0 aromatic heterocycles. The number of halogens is 1. The summed E-state index contributed by atoms with van der Waals surface area (Å²) in [5.41, 5.74) is 6.21. The lowest BCUT2D eigenvalue weighted by molar-refractivity contribution is 0.342. The Balaban J connectivity index is 2.35. The first-order chi connectivity index (χ1) is 9.94. The third-order valence-electron chi connectivity index (χ3n) is 2.71. The number of para-hydroxylation sites is 2. The fourth-order valence-electron chi connectivity index (χ4n) is 1.73. The van der Waals surface area contributed by atoms with E-state index in [9.17, 15) is 8.42 Å². The zero-order valence-electron chi connectivity index (χ0n) is 11.3. The van der Waals surface area contributed by atoms with Crippen LogP contribution in [0.1, 0.15) is 6.92 Å². The normalized spacial score (nSPS) is 11.1. The van der Waals surface area contributed by atoms with Crippen molar-refractivity contribution in [3.63, 3.8) is 0 Å². The zero-order valence-corrected chi connectivity index (χ0v) is 12.9. The number of nitrogens with two attached hydrogens (primary N) is 1. The third-order valence-corrected chi connectivity index (χ3v) is 4.42. The molecule has 0 fully saturated rings. The predicted octanol–water partition coefficient (Wildman–Crippen LogP) is 3.12. The van der Waals surface area contributed by atoms with Crippen LogP contribution in [0.5, 0.6) is 5.75 Å². The van der Waals surface area contributed by atoms with Crippen molar-refractivity contribution in [3.8, 4) is 5.75 Å². The van der Waals surface area contributed by atoms with Crippen molar-refractivity contribution < 1.29 is 13.2 Å². The molecule has 2 aromatic carbocycles. The predicted molar refractivity (Wildman–Crippen MR) is 84.3 cm³/mol. The van der Waals surface area contributed by atoms with Gasteiger partial charge in [0, 0.05) is 0 Å². The monoisotopic (exact) mass is 326 g/mol. The highest BCUT2D eigenvalue weighted by Crippen LogP contribution is 2.28. The van der Waals surface area contributed by atoms with Crippen molar-refractivity contribution in [2.75, 3.05) is 17.1 Å². The van der Waals surface area contributed by atoms with Crippen molar-refractivity contribution in [1.82, 2.24) is 0 Å². The van der Waals surface area contributed by atoms with Crippen LogP contribution in [0.3, 0.4) is 0 Å². The molecule has 0 radical (unpaired) electrons. The van der Waals surface area contributed by atoms with Crippen LogP contribution < -0.4 is 15.2 Å². The molecule has 0 heterocycles. The number of anilines is 2. The van der Waals surface area contributed by atoms with Gasteiger partial charge < -0.3 is 10.5 Å². The lowest BCUT2D eigenvalue weighted by Crippen LogP contribution is -2.14. The molecule has 0 atom stereocenters. The highest BCUT2D eigenvalue weighted by Gasteiger charge is 2.17. The Morgan fingerprint density at radius 1 is 1.24 bits per heavy atom. The van der Waals surface area contributed by atoms with Gasteiger partial charge in [0.25, 0.3) is 10.0 Å². The van der Waals surface area contributed by atoms with E-state index in [4.69, 9.17) is 22.1 Å². The van der Waals surface area contributed by atoms with E-state index in [1.54, 1.807) is 24.3 Å². The summed E-state index contributed by atoms with van der Waals surface area (Å²) in [5.74, 6) is 0.463. The maximum atomic E-state index is 12.4. The van der Waals surface area contributed by atoms with Gasteiger partial charge in [-0.15, -0.1) is 0 Å². The second-order valence-corrected chi connectivity index (χ2v) is 6.31. The van der Waals surface area contributed by atoms with E-state index in [0.29, 0.717) is 23.1 Å². The molecule has 3 N–H and O–H groups in total. The van der Waals surface area contributed by atoms with Gasteiger partial charge in [-0.1, -0.05) is 23.7 Å². The average molecular weight is 327 g/mol. The second kappa shape index (κ2) is 6.24. The minimum atomic E-state index is -3.76. The van der Waals surface area contributed by atoms with Gasteiger partial charge >= 0.3 is 0 Å². The molecule has 112 valence electrons. The fourth-order valence-corrected chi connectivity index (χ4v) is 2.95. The quantitative estimate of drug-likeness (QED) is 0.827. The highest BCUT2D eigenvalue weighted by molar-refractivity contribution is 7.92. The van der Waals surface area contributed by atoms with Gasteiger partial charge in [-0.05, 0) is 37.3 Å². The molecule has 21 heavy (non-hydrogen) atoms. The van der Waals surface area contributed by atoms with Crippen molar-refractivity contribution in [3.05, 3.63) is 47.5 Å². The summed E-state index contributed by atoms with van der Waals surface area (Å²) in [6.45, 7) is 2.26. The van der Waals surface area contributed by atoms with E-state index < -0.39 is 10.0 Å². The lowest BCUT2D eigenvalue weighted by Gasteiger charge is -2.13. The van der Waals surface area contributed by atoms with Gasteiger partial charge in [0.1, 0.15) is 5.75 Å². The summed E-state index contributed by atoms with van der Waals surface area (Å²) < 4.78 is 32.6. The number of sulfonamides is 1. The van der Waals surface area contributed by atoms with E-state index in [-0.39, 0.29) is 10.6 Å². The molecule has 2 rings (SSSR count). The van der Waals surface area contributed by atoms with Crippen molar-refractivity contribution in [1.29, 1.82) is 0 Å². The Morgan fingerprint density at radius 2 is 1.95 bits per heavy atom. The molecule has 0 aliphatic rings. The number of ether oxygens (including phenoxy) is 1. The summed E-state index contributed by atoms with van der Waals surface area (Å²) >= 11 is 5.80. The van der Waals surface area contributed by atoms with E-state index in [1.807, 2.05) is 6.92 Å². The number of nitrogen functional groups attached to an aromatic ring is 1. The summed E-state index contributed by atoms with van der Waals surface area (Å²) in [6.07, 6.45) is 0. The highest BCUT2D eigenvalue weighted by atomic mass is 35.5. The summed E-state index contributed by atoms with van der Waals surface area (Å²) in [6, 6.07) is 11.0. The molecule has 0 aliphatic heterocycles. The van der Waals surface area contributed by atoms with Gasteiger partial charge in [0.15, 0.2) is 0 Å². The van der Waals surface area contributed by atoms with Crippen LogP contribution in [0.2, 0.25) is 5.02 Å². The van der Waals surface area contributed by atoms with Crippen LogP contribution in [0.25, 0.3) is 0 Å². The minimum absolute atomic E-state index is 0.0377. The van der Waals surface area contributed by atoms with Crippen LogP contribution in [0.4, 0.5) is 11.4 Å². The smallest absolute Gasteiger partial charge is 0.262 e. The van der Waals surface area contributed by atoms with Crippen molar-refractivity contribution in [2.24, 2.45) is 0 Å². The van der Waals surface area contributed by atoms with E-state index >= 15 is 0 Å². The zero-order chi connectivity index (χ0) is 15.5. The maximum absolute atomic E-state index is 12.4. The summed E-state index contributed by atoms with van der Waals surface area (Å²) in [7, 11) is -3.76. The Bertz CT molecular complexity index is 748. The number of benzene rings is 2. The molecule has 0 unspecified atom stereocenters. The van der Waals surface area contributed by atoms with Gasteiger partial charge in [0.2, 0.25) is 0 Å². The van der Waals surface area contributed by atoms with Gasteiger partial charge in [-0.3, -0.25) is 4.72 Å². The first-order valence-electron chi connectivity index (χ1n) is 6.23. The first kappa shape index (κ1) is 15.5. The number of hydrogen-bond acceptors (Lipinski definition) is 4. The maximum Gasteiger partial charge on any atom is 0.262 e. The lowest BCUT2D eigenvalue weighted by atomic mass is 10.3. The Morgan fingerprint density at radius 3 is 2.62 bits per heavy atom. The number of rotatable bonds is 5. The van der Waals surface area contributed by atoms with E-state index in [1.165, 1.54) is 18.2 Å². The molecule has 0 aliphatic carbocycles. The Labute approximate surface area is 128 Å². The van der Waals surface area contributed by atoms with E-state index in [0.717, 1.165) is 0 Å². The molecule has 7 heteroatoms. The summed E-state index contributed by atoms with van der Waals surface area (Å²) in [5, 5.41) is 0.309. The largest absolute Gasteiger partial charge is 0.492 e. The molecule has 0 saturated carbocycles. The van der Waals surface area contributed by atoms with Gasteiger partial charge in [-0.2, -0.15) is 0 Å². The van der Waals surface area contributed by atoms with Crippen LogP contribution in [-0.2, 0) is 10.0 Å². The molecule has 0 spiro atoms. The minimum Gasteiger partial charge on any atom is -0.492 e. The SMILES string of the molecule is CCOc1ccccc1NS(=O)(=O)c1ccc(Cl)c(N)c1. The van der Waals surface area contributed by atoms with Crippen LogP contribution in [0, 0.1) is 0 Å². The Kier molecular flexibility index (Phi) is 4.59. The summed E-state index contributed by atoms with van der Waals surface area (Å²) in [4.78, 5) is 0.0377. The van der Waals surface area contributed by atoms with Crippen molar-refractivity contribution in [2.45, 2.75) is 11.8 Å². The molecule has 2 aromatic rings. The molecule has 0 saturated heterocycles. The van der Waals surface area contributed by atoms with Crippen LogP contribution in [-0.4, -0.2) is 15.0 Å². The molecular formula is C14H15ClN2O3S. The second-order valence-electron chi connectivity index (χ2n) is 4.22. The van der Waals surface area contributed by atoms with Crippen molar-refractivity contribution >= 4 is 33.0 Å². The van der Waals surface area contributed by atoms with Gasteiger partial charge in [-0.25, -0.2) is 8.42 Å². The van der Waals surface area contributed by atoms with Crippen LogP contribution in [0.15, 0.2) is 47.4 Å². The standard InChI is InChI=1S/C14H15ClN2O3S/c1-2-20-14-6-4-3-5-13(14)17-21(18,19)10-7-8-11(15)12(16)9-10/h3-9,17H,2,16H2,1H3. The first-order valence-corrected chi connectivity index (χ1v) is 8.10. The van der Waals surface area contributed by atoms with Gasteiger partial charge in [0.05, 0.1) is 27.9 Å². The Hall–Kier alpha value is -1.92. The topological polar surface area (TPSA) is 81.4 Å².